The average molecular weight is 499 g/mol. The van der Waals surface area contributed by atoms with E-state index in [1.807, 2.05) is 0 Å². The lowest BCUT2D eigenvalue weighted by Gasteiger charge is -2.27. The van der Waals surface area contributed by atoms with Crippen LogP contribution < -0.4 is 4.74 Å². The summed E-state index contributed by atoms with van der Waals surface area (Å²) in [6, 6.07) is 7.07. The molecule has 1 heterocycles. The zero-order chi connectivity index (χ0) is 21.4. The van der Waals surface area contributed by atoms with E-state index >= 15 is 0 Å². The molecule has 0 saturated heterocycles. The van der Waals surface area contributed by atoms with Crippen molar-refractivity contribution < 1.29 is 18.7 Å². The summed E-state index contributed by atoms with van der Waals surface area (Å²) in [7, 11) is -1.45. The monoisotopic (exact) mass is 498 g/mol. The molecule has 30 heavy (non-hydrogen) atoms. The molecule has 0 aliphatic heterocycles. The minimum Gasteiger partial charge on any atom is -0.483 e. The van der Waals surface area contributed by atoms with Gasteiger partial charge in [-0.2, -0.15) is 13.5 Å². The van der Waals surface area contributed by atoms with E-state index in [1.54, 1.807) is 42.6 Å². The van der Waals surface area contributed by atoms with Gasteiger partial charge >= 0.3 is 5.82 Å². The van der Waals surface area contributed by atoms with Crippen LogP contribution in [0.1, 0.15) is 11.4 Å². The van der Waals surface area contributed by atoms with Crippen LogP contribution in [0, 0.1) is 10.1 Å². The second-order valence-corrected chi connectivity index (χ2v) is 9.38. The molecule has 0 aliphatic carbocycles. The Bertz CT molecular complexity index is 862. The average Bonchev–Trinajstić information content (AvgIpc) is 3.06. The van der Waals surface area contributed by atoms with Gasteiger partial charge in [0.1, 0.15) is 11.9 Å². The van der Waals surface area contributed by atoms with Gasteiger partial charge in [-0.1, -0.05) is 12.1 Å². The number of nitrogens with zero attached hydrogens (tertiary/aromatic N) is 4. The molecule has 1 aromatic heterocycles. The second-order valence-electron chi connectivity index (χ2n) is 6.19. The molecule has 13 heteroatoms. The molecule has 1 aromatic carbocycles. The van der Waals surface area contributed by atoms with Crippen LogP contribution in [0.5, 0.6) is 5.75 Å². The summed E-state index contributed by atoms with van der Waals surface area (Å²) >= 11 is 11.5. The van der Waals surface area contributed by atoms with Crippen LogP contribution in [0.3, 0.4) is 0 Å². The Kier molecular flexibility index (Phi) is 11.2. The van der Waals surface area contributed by atoms with Crippen molar-refractivity contribution in [1.82, 2.24) is 14.2 Å². The third-order valence-electron chi connectivity index (χ3n) is 4.21. The van der Waals surface area contributed by atoms with Gasteiger partial charge in [0.05, 0.1) is 13.7 Å². The Hall–Kier alpha value is -1.29. The number of nitro groups is 1. The number of rotatable bonds is 12. The van der Waals surface area contributed by atoms with Gasteiger partial charge in [0.25, 0.3) is 7.52 Å². The summed E-state index contributed by atoms with van der Waals surface area (Å²) in [6.45, 7) is 2.67. The lowest BCUT2D eigenvalue weighted by molar-refractivity contribution is -0.391. The van der Waals surface area contributed by atoms with E-state index in [4.69, 9.17) is 32.5 Å². The summed E-state index contributed by atoms with van der Waals surface area (Å²) in [5, 5.41) is 10.8. The van der Waals surface area contributed by atoms with Gasteiger partial charge < -0.3 is 19.4 Å². The molecule has 9 nitrogen and oxygen atoms in total. The van der Waals surface area contributed by atoms with Crippen LogP contribution in [-0.4, -0.2) is 50.7 Å². The summed E-state index contributed by atoms with van der Waals surface area (Å²) in [6.07, 6.45) is 1.19. The van der Waals surface area contributed by atoms with Crippen molar-refractivity contribution in [2.75, 3.05) is 31.5 Å². The van der Waals surface area contributed by atoms with Crippen molar-refractivity contribution in [3.8, 4) is 5.75 Å². The highest BCUT2D eigenvalue weighted by Gasteiger charge is 2.25. The van der Waals surface area contributed by atoms with E-state index in [2.05, 4.69) is 4.98 Å². The first kappa shape index (κ1) is 26.7. The predicted molar refractivity (Wildman–Crippen MR) is 122 cm³/mol. The zero-order valence-corrected chi connectivity index (χ0v) is 20.1. The Morgan fingerprint density at radius 3 is 2.30 bits per heavy atom. The highest BCUT2D eigenvalue weighted by atomic mass is 35.5. The normalized spacial score (nSPS) is 13.0. The minimum absolute atomic E-state index is 0. The zero-order valence-electron chi connectivity index (χ0n) is 16.7. The second kappa shape index (κ2) is 12.5. The van der Waals surface area contributed by atoms with Crippen molar-refractivity contribution in [1.29, 1.82) is 0 Å². The molecule has 1 atom stereocenters. The third-order valence-corrected chi connectivity index (χ3v) is 6.58. The fourth-order valence-corrected chi connectivity index (χ4v) is 4.64. The van der Waals surface area contributed by atoms with E-state index in [9.17, 15) is 14.7 Å². The molecule has 2 aromatic rings. The summed E-state index contributed by atoms with van der Waals surface area (Å²) in [5.74, 6) is 1.59. The van der Waals surface area contributed by atoms with E-state index in [0.29, 0.717) is 36.4 Å². The first-order valence-corrected chi connectivity index (χ1v) is 11.8. The molecule has 0 spiro atoms. The van der Waals surface area contributed by atoms with Crippen molar-refractivity contribution >= 4 is 50.0 Å². The number of aromatic nitrogens is 2. The molecule has 0 radical (unpaired) electrons. The van der Waals surface area contributed by atoms with Gasteiger partial charge in [-0.3, -0.25) is 4.57 Å². The fourth-order valence-electron chi connectivity index (χ4n) is 2.52. The lowest BCUT2D eigenvalue weighted by Crippen LogP contribution is -2.25. The smallest absolute Gasteiger partial charge is 0.342 e. The van der Waals surface area contributed by atoms with Crippen LogP contribution in [0.2, 0.25) is 0 Å². The number of alkyl halides is 2. The van der Waals surface area contributed by atoms with Crippen LogP contribution in [-0.2, 0) is 29.4 Å². The number of benzene rings is 1. The molecule has 1 unspecified atom stereocenters. The highest BCUT2D eigenvalue weighted by molar-refractivity contribution is 7.59. The molecule has 168 valence electrons. The van der Waals surface area contributed by atoms with Crippen molar-refractivity contribution in [3.05, 3.63) is 52.0 Å². The molecule has 2 rings (SSSR count). The SMILES string of the molecule is Cn1c([N+](=O)[O-])cnc1COc1ccc(COP(C)(=O)N(CCCl)CCCl)cc1.S. The van der Waals surface area contributed by atoms with Crippen molar-refractivity contribution in [3.63, 3.8) is 0 Å². The minimum atomic E-state index is -3.01. The number of halogens is 2. The van der Waals surface area contributed by atoms with Gasteiger partial charge in [-0.25, -0.2) is 14.2 Å². The van der Waals surface area contributed by atoms with Crippen LogP contribution in [0.15, 0.2) is 30.5 Å². The predicted octanol–water partition coefficient (Wildman–Crippen LogP) is 4.14. The summed E-state index contributed by atoms with van der Waals surface area (Å²) < 4.78 is 27.1. The number of ether oxygens (including phenoxy) is 1. The van der Waals surface area contributed by atoms with Crippen molar-refractivity contribution in [2.24, 2.45) is 7.05 Å². The van der Waals surface area contributed by atoms with Gasteiger partial charge in [0.15, 0.2) is 6.61 Å². The Balaban J connectivity index is 0.00000450. The molecule has 0 amide bonds. The molecule has 0 fully saturated rings. The molecule has 0 aliphatic rings. The first-order valence-electron chi connectivity index (χ1n) is 8.74. The highest BCUT2D eigenvalue weighted by Crippen LogP contribution is 2.47. The number of imidazole rings is 1. The molecule has 0 bridgehead atoms. The number of hydrogen-bond acceptors (Lipinski definition) is 6. The maximum Gasteiger partial charge on any atom is 0.342 e. The Morgan fingerprint density at radius 1 is 1.20 bits per heavy atom. The fraction of sp³-hybridized carbons (Fsp3) is 0.471. The van der Waals surface area contributed by atoms with Crippen molar-refractivity contribution in [2.45, 2.75) is 13.2 Å². The van der Waals surface area contributed by atoms with E-state index in [-0.39, 0.29) is 32.5 Å². The van der Waals surface area contributed by atoms with Gasteiger partial charge in [-0.05, 0) is 22.6 Å². The third kappa shape index (κ3) is 7.44. The lowest BCUT2D eigenvalue weighted by atomic mass is 10.2. The quantitative estimate of drug-likeness (QED) is 0.187. The van der Waals surface area contributed by atoms with E-state index in [0.717, 1.165) is 5.56 Å². The molecule has 0 saturated carbocycles. The van der Waals surface area contributed by atoms with Crippen LogP contribution in [0.4, 0.5) is 5.82 Å². The largest absolute Gasteiger partial charge is 0.483 e. The molecular weight excluding hydrogens is 474 g/mol. The molecule has 0 N–H and O–H groups in total. The van der Waals surface area contributed by atoms with E-state index in [1.165, 1.54) is 10.8 Å². The van der Waals surface area contributed by atoms with Gasteiger partial charge in [0.2, 0.25) is 5.82 Å². The summed E-state index contributed by atoms with van der Waals surface area (Å²) in [4.78, 5) is 14.3. The number of hydrogen-bond donors (Lipinski definition) is 0. The van der Waals surface area contributed by atoms with Gasteiger partial charge in [0, 0.05) is 31.5 Å². The standard InChI is InChI=1S/C17H23Cl2N4O5P.H2S/c1-21-16(20-11-17(21)23(24)25)13-27-15-5-3-14(4-6-15)12-28-29(2,26)22(9-7-18)10-8-19;/h3-6,11H,7-10,12-13H2,1-2H3;1H2. The molecular formula is C17H25Cl2N4O5PS. The Labute approximate surface area is 192 Å². The first-order chi connectivity index (χ1) is 13.8. The van der Waals surface area contributed by atoms with Crippen LogP contribution >= 0.6 is 44.2 Å². The topological polar surface area (TPSA) is 99.7 Å². The maximum absolute atomic E-state index is 12.8. The van der Waals surface area contributed by atoms with E-state index < -0.39 is 12.4 Å². The maximum atomic E-state index is 12.8. The van der Waals surface area contributed by atoms with Gasteiger partial charge in [-0.15, -0.1) is 23.2 Å². The summed E-state index contributed by atoms with van der Waals surface area (Å²) in [5.41, 5.74) is 0.823. The van der Waals surface area contributed by atoms with Crippen LogP contribution in [0.25, 0.3) is 0 Å². The Morgan fingerprint density at radius 2 is 1.80 bits per heavy atom.